The molecule has 9 nitrogen and oxygen atoms in total. The third-order valence-electron chi connectivity index (χ3n) is 3.79. The van der Waals surface area contributed by atoms with Crippen LogP contribution in [0, 0.1) is 41.5 Å². The molecule has 0 unspecified atom stereocenters. The van der Waals surface area contributed by atoms with E-state index < -0.39 is 21.5 Å². The number of hydrogen-bond acceptors (Lipinski definition) is 6. The maximum absolute atomic E-state index is 7.17. The van der Waals surface area contributed by atoms with Crippen molar-refractivity contribution in [2.75, 3.05) is 0 Å². The molecule has 3 aromatic heterocycles. The molecule has 28 heavy (non-hydrogen) atoms. The van der Waals surface area contributed by atoms with Crippen LogP contribution in [0.5, 0.6) is 0 Å². The van der Waals surface area contributed by atoms with Gasteiger partial charge in [-0.15, -0.1) is 24.8 Å². The molecular formula is C15H26BCl2CrN6O3. The first-order valence-electron chi connectivity index (χ1n) is 7.98. The number of nitrogens with one attached hydrogen (secondary N) is 3. The number of rotatable bonds is 3. The van der Waals surface area contributed by atoms with Crippen LogP contribution >= 0.6 is 24.8 Å². The minimum atomic E-state index is -2.17. The third kappa shape index (κ3) is 5.61. The van der Waals surface area contributed by atoms with E-state index in [9.17, 15) is 0 Å². The fraction of sp³-hybridized carbons (Fsp3) is 0.400. The van der Waals surface area contributed by atoms with Crippen molar-refractivity contribution in [3.05, 3.63) is 34.2 Å². The normalized spacial score (nSPS) is 10.1. The summed E-state index contributed by atoms with van der Waals surface area (Å²) in [7, 11) is -2.17. The van der Waals surface area contributed by atoms with E-state index in [0.29, 0.717) is 0 Å². The van der Waals surface area contributed by atoms with Crippen LogP contribution in [0.3, 0.4) is 0 Å². The molecule has 0 aliphatic rings. The van der Waals surface area contributed by atoms with Gasteiger partial charge >= 0.3 is 141 Å². The molecule has 6 N–H and O–H groups in total. The monoisotopic (exact) mass is 471 g/mol. The van der Waals surface area contributed by atoms with E-state index in [2.05, 4.69) is 72.1 Å². The van der Waals surface area contributed by atoms with E-state index in [0.717, 1.165) is 34.2 Å². The Kier molecular flexibility index (Phi) is 10.5. The molecule has 157 valence electrons. The molecular weight excluding hydrogens is 446 g/mol. The molecule has 0 aliphatic heterocycles. The van der Waals surface area contributed by atoms with Gasteiger partial charge in [-0.3, -0.25) is 0 Å². The van der Waals surface area contributed by atoms with Crippen LogP contribution in [0.25, 0.3) is 0 Å². The summed E-state index contributed by atoms with van der Waals surface area (Å²) in [6.07, 6.45) is 0. The molecule has 0 fully saturated rings. The summed E-state index contributed by atoms with van der Waals surface area (Å²) in [5.41, 5.74) is 6.64. The van der Waals surface area contributed by atoms with Gasteiger partial charge in [0.15, 0.2) is 0 Å². The number of nitrogens with zero attached hydrogens (tertiary/aromatic N) is 3. The molecule has 0 aliphatic carbocycles. The van der Waals surface area contributed by atoms with Crippen LogP contribution in [0.1, 0.15) is 34.2 Å². The Bertz CT molecular complexity index is 727. The summed E-state index contributed by atoms with van der Waals surface area (Å²) in [4.78, 5) is 0. The Hall–Kier alpha value is -1.31. The van der Waals surface area contributed by atoms with Gasteiger partial charge in [-0.2, -0.15) is 0 Å². The van der Waals surface area contributed by atoms with E-state index in [4.69, 9.17) is 15.1 Å². The zero-order chi connectivity index (χ0) is 19.6. The van der Waals surface area contributed by atoms with Crippen LogP contribution < -0.4 is 13.3 Å². The number of aromatic nitrogens is 6. The molecule has 3 aromatic rings. The molecule has 0 radical (unpaired) electrons. The van der Waals surface area contributed by atoms with Gasteiger partial charge in [0.1, 0.15) is 0 Å². The second-order valence-electron chi connectivity index (χ2n) is 5.94. The zero-order valence-corrected chi connectivity index (χ0v) is 19.4. The molecule has 0 saturated carbocycles. The van der Waals surface area contributed by atoms with E-state index in [1.54, 1.807) is 0 Å². The van der Waals surface area contributed by atoms with Crippen molar-refractivity contribution in [2.24, 2.45) is 0 Å². The number of aromatic amines is 3. The molecule has 0 aromatic carbocycles. The van der Waals surface area contributed by atoms with Gasteiger partial charge in [-0.05, 0) is 0 Å². The first-order valence-corrected chi connectivity index (χ1v) is 9.89. The van der Waals surface area contributed by atoms with E-state index in [1.807, 2.05) is 0 Å². The van der Waals surface area contributed by atoms with Crippen LogP contribution in [0.4, 0.5) is 0 Å². The number of halogens is 2. The molecule has 3 rings (SSSR count). The van der Waals surface area contributed by atoms with Crippen molar-refractivity contribution in [1.29, 1.82) is 0 Å². The van der Waals surface area contributed by atoms with Crippen LogP contribution in [-0.2, 0) is 14.1 Å². The number of hydrogen-bond donors (Lipinski definition) is 6. The molecule has 0 atom stereocenters. The first kappa shape index (κ1) is 26.7. The Morgan fingerprint density at radius 1 is 0.607 bits per heavy atom. The summed E-state index contributed by atoms with van der Waals surface area (Å²) in [5.74, 6) is 0. The van der Waals surface area contributed by atoms with Crippen molar-refractivity contribution < 1.29 is 29.2 Å². The van der Waals surface area contributed by atoms with Gasteiger partial charge in [0.2, 0.25) is 0 Å². The quantitative estimate of drug-likeness (QED) is 0.281. The Balaban J connectivity index is 0.00000111. The summed E-state index contributed by atoms with van der Waals surface area (Å²) in [6.45, 7) is 12.5. The Morgan fingerprint density at radius 3 is 0.964 bits per heavy atom. The van der Waals surface area contributed by atoms with Gasteiger partial charge in [0.05, 0.1) is 0 Å². The Morgan fingerprint density at radius 2 is 0.821 bits per heavy atom. The topological polar surface area (TPSA) is 147 Å². The minimum absolute atomic E-state index is 0. The number of H-pyrrole nitrogens is 3. The Labute approximate surface area is 180 Å². The van der Waals surface area contributed by atoms with E-state index >= 15 is 0 Å². The van der Waals surface area contributed by atoms with Gasteiger partial charge in [-0.25, -0.2) is 0 Å². The molecule has 3 heterocycles. The minimum Gasteiger partial charge on any atom is -0.402 e. The van der Waals surface area contributed by atoms with Gasteiger partial charge in [0.25, 0.3) is 0 Å². The van der Waals surface area contributed by atoms with Gasteiger partial charge < -0.3 is 15.1 Å². The standard InChI is InChI=1S/3C5H7N2.BH3O3.2ClH.Cr/c3*1-4-3-5(2)7-6-4;2-1(3)4;;;/h3*1-2H3,(H,6,7);2-4H;2*1H;. The maximum atomic E-state index is 7.17. The van der Waals surface area contributed by atoms with Crippen molar-refractivity contribution in [1.82, 2.24) is 30.6 Å². The van der Waals surface area contributed by atoms with E-state index in [1.165, 1.54) is 13.3 Å². The first-order chi connectivity index (χ1) is 12.1. The summed E-state index contributed by atoms with van der Waals surface area (Å²) in [6, 6.07) is 0. The van der Waals surface area contributed by atoms with Crippen molar-refractivity contribution in [3.8, 4) is 0 Å². The van der Waals surface area contributed by atoms with Crippen LogP contribution in [-0.4, -0.2) is 53.0 Å². The van der Waals surface area contributed by atoms with E-state index in [-0.39, 0.29) is 24.8 Å². The molecule has 0 amide bonds. The van der Waals surface area contributed by atoms with Gasteiger partial charge in [-0.1, -0.05) is 0 Å². The number of aryl methyl sites for hydroxylation is 6. The third-order valence-corrected chi connectivity index (χ3v) is 8.52. The average Bonchev–Trinajstić information content (AvgIpc) is 3.16. The maximum Gasteiger partial charge on any atom is 0.631 e. The second kappa shape index (κ2) is 11.0. The second-order valence-corrected chi connectivity index (χ2v) is 8.81. The zero-order valence-electron chi connectivity index (χ0n) is 16.5. The largest absolute Gasteiger partial charge is 0.631 e. The van der Waals surface area contributed by atoms with Crippen LogP contribution in [0.15, 0.2) is 0 Å². The van der Waals surface area contributed by atoms with Crippen molar-refractivity contribution in [2.45, 2.75) is 41.5 Å². The SMILES string of the molecule is Cc1n[nH]c(C)[c]1[Cr]([c]1c(C)n[nH]c1C)[c]1c(C)n[nH]c1C.Cl.Cl.OB(O)O. The molecule has 13 heteroatoms. The summed E-state index contributed by atoms with van der Waals surface area (Å²) in [5, 5.41) is 44.2. The predicted octanol–water partition coefficient (Wildman–Crippen LogP) is -0.607. The van der Waals surface area contributed by atoms with Crippen molar-refractivity contribution >= 4 is 45.4 Å². The smallest absolute Gasteiger partial charge is 0.402 e. The van der Waals surface area contributed by atoms with Gasteiger partial charge in [0, 0.05) is 0 Å². The fourth-order valence-corrected chi connectivity index (χ4v) is 7.03. The molecule has 0 saturated heterocycles. The summed E-state index contributed by atoms with van der Waals surface area (Å²) >= 11 is -1.50. The summed E-state index contributed by atoms with van der Waals surface area (Å²) < 4.78 is 4.00. The molecule has 0 spiro atoms. The predicted molar refractivity (Wildman–Crippen MR) is 110 cm³/mol. The van der Waals surface area contributed by atoms with Crippen LogP contribution in [0.2, 0.25) is 0 Å². The van der Waals surface area contributed by atoms with Crippen molar-refractivity contribution in [3.63, 3.8) is 0 Å². The fourth-order valence-electron chi connectivity index (χ4n) is 2.83. The average molecular weight is 472 g/mol. The molecule has 0 bridgehead atoms.